The predicted octanol–water partition coefficient (Wildman–Crippen LogP) is 4.71. The minimum absolute atomic E-state index is 0.0384. The van der Waals surface area contributed by atoms with Gasteiger partial charge in [-0.25, -0.2) is 9.59 Å². The van der Waals surface area contributed by atoms with Crippen LogP contribution in [-0.4, -0.2) is 48.9 Å². The molecule has 1 aromatic rings. The Balaban J connectivity index is 0.000000344. The molecular formula is C24H30F3NO6. The summed E-state index contributed by atoms with van der Waals surface area (Å²) in [7, 11) is 0. The topological polar surface area (TPSA) is 94.1 Å². The third kappa shape index (κ3) is 5.26. The number of hydrogen-bond donors (Lipinski definition) is 2. The number of halogens is 3. The summed E-state index contributed by atoms with van der Waals surface area (Å²) in [6.07, 6.45) is 4.98. The van der Waals surface area contributed by atoms with Crippen molar-refractivity contribution in [1.82, 2.24) is 5.32 Å². The number of carboxylic acid groups (broad SMARTS) is 1. The summed E-state index contributed by atoms with van der Waals surface area (Å²) in [5, 5.41) is 10.9. The second kappa shape index (κ2) is 10.0. The highest BCUT2D eigenvalue weighted by atomic mass is 19.4. The second-order valence-electron chi connectivity index (χ2n) is 9.47. The number of carboxylic acids is 1. The molecule has 0 unspecified atom stereocenters. The van der Waals surface area contributed by atoms with E-state index in [9.17, 15) is 18.0 Å². The molecule has 1 aromatic carbocycles. The van der Waals surface area contributed by atoms with Crippen LogP contribution in [0.25, 0.3) is 0 Å². The molecule has 0 spiro atoms. The average molecular weight is 485 g/mol. The maximum absolute atomic E-state index is 11.7. The van der Waals surface area contributed by atoms with Gasteiger partial charge in [-0.1, -0.05) is 18.9 Å². The van der Waals surface area contributed by atoms with Gasteiger partial charge in [-0.15, -0.1) is 0 Å². The molecule has 0 aromatic heterocycles. The van der Waals surface area contributed by atoms with Crippen molar-refractivity contribution in [3.8, 4) is 5.75 Å². The van der Waals surface area contributed by atoms with E-state index in [0.29, 0.717) is 11.5 Å². The smallest absolute Gasteiger partial charge is 0.475 e. The molecule has 2 N–H and O–H groups in total. The summed E-state index contributed by atoms with van der Waals surface area (Å²) < 4.78 is 47.8. The molecule has 1 saturated heterocycles. The van der Waals surface area contributed by atoms with Crippen LogP contribution in [0.3, 0.4) is 0 Å². The normalized spacial score (nSPS) is 27.6. The lowest BCUT2D eigenvalue weighted by molar-refractivity contribution is -0.192. The number of piperidine rings is 1. The summed E-state index contributed by atoms with van der Waals surface area (Å²) in [5.74, 6) is -1.22. The summed E-state index contributed by atoms with van der Waals surface area (Å²) in [5.41, 5.74) is 3.26. The molecule has 188 valence electrons. The van der Waals surface area contributed by atoms with Crippen molar-refractivity contribution in [3.63, 3.8) is 0 Å². The Morgan fingerprint density at radius 1 is 1.12 bits per heavy atom. The number of aliphatic carboxylic acids is 1. The van der Waals surface area contributed by atoms with E-state index in [4.69, 9.17) is 24.1 Å². The fourth-order valence-corrected chi connectivity index (χ4v) is 5.80. The van der Waals surface area contributed by atoms with Crippen LogP contribution >= 0.6 is 0 Å². The van der Waals surface area contributed by atoms with Crippen LogP contribution in [0.1, 0.15) is 62.5 Å². The zero-order valence-electron chi connectivity index (χ0n) is 18.9. The van der Waals surface area contributed by atoms with Crippen molar-refractivity contribution in [2.24, 2.45) is 5.92 Å². The van der Waals surface area contributed by atoms with Gasteiger partial charge < -0.3 is 24.6 Å². The van der Waals surface area contributed by atoms with Gasteiger partial charge in [0.25, 0.3) is 0 Å². The molecule has 3 aliphatic carbocycles. The lowest BCUT2D eigenvalue weighted by Crippen LogP contribution is -2.59. The highest BCUT2D eigenvalue weighted by Crippen LogP contribution is 2.54. The molecule has 7 nitrogen and oxygen atoms in total. The summed E-state index contributed by atoms with van der Waals surface area (Å²) in [6.45, 7) is 1.02. The monoisotopic (exact) mass is 485 g/mol. The zero-order chi connectivity index (χ0) is 24.3. The molecule has 2 bridgehead atoms. The molecule has 3 fully saturated rings. The molecule has 1 heterocycles. The van der Waals surface area contributed by atoms with Gasteiger partial charge in [0.15, 0.2) is 0 Å². The molecule has 0 amide bonds. The Labute approximate surface area is 195 Å². The molecule has 1 aliphatic heterocycles. The number of ether oxygens (including phenoxy) is 3. The van der Waals surface area contributed by atoms with Crippen LogP contribution in [0.5, 0.6) is 5.75 Å². The van der Waals surface area contributed by atoms with Crippen molar-refractivity contribution in [3.05, 3.63) is 29.3 Å². The van der Waals surface area contributed by atoms with E-state index in [1.807, 2.05) is 6.07 Å². The summed E-state index contributed by atoms with van der Waals surface area (Å²) in [4.78, 5) is 20.6. The van der Waals surface area contributed by atoms with Gasteiger partial charge in [0, 0.05) is 11.5 Å². The molecular weight excluding hydrogens is 455 g/mol. The van der Waals surface area contributed by atoms with Crippen LogP contribution in [0.2, 0.25) is 0 Å². The van der Waals surface area contributed by atoms with Crippen molar-refractivity contribution in [2.75, 3.05) is 13.3 Å². The Hall–Kier alpha value is -2.49. The van der Waals surface area contributed by atoms with Crippen molar-refractivity contribution >= 4 is 12.1 Å². The summed E-state index contributed by atoms with van der Waals surface area (Å²) >= 11 is 0. The quantitative estimate of drug-likeness (QED) is 0.471. The first-order valence-corrected chi connectivity index (χ1v) is 11.8. The van der Waals surface area contributed by atoms with E-state index in [-0.39, 0.29) is 12.9 Å². The number of benzene rings is 1. The lowest BCUT2D eigenvalue weighted by Gasteiger charge is -2.56. The van der Waals surface area contributed by atoms with E-state index in [0.717, 1.165) is 43.9 Å². The van der Waals surface area contributed by atoms with E-state index in [2.05, 4.69) is 17.4 Å². The first kappa shape index (κ1) is 24.6. The maximum atomic E-state index is 11.7. The fourth-order valence-electron chi connectivity index (χ4n) is 5.80. The molecule has 34 heavy (non-hydrogen) atoms. The maximum Gasteiger partial charge on any atom is 0.511 e. The Morgan fingerprint density at radius 2 is 1.88 bits per heavy atom. The van der Waals surface area contributed by atoms with Crippen LogP contribution in [0.15, 0.2) is 18.2 Å². The average Bonchev–Trinajstić information content (AvgIpc) is 2.76. The number of carbonyl (C=O) groups excluding carboxylic acids is 1. The van der Waals surface area contributed by atoms with Gasteiger partial charge >= 0.3 is 18.3 Å². The molecule has 10 heteroatoms. The highest BCUT2D eigenvalue weighted by Gasteiger charge is 2.51. The Morgan fingerprint density at radius 3 is 2.56 bits per heavy atom. The Kier molecular flexibility index (Phi) is 7.25. The SMILES string of the molecule is O=C(O)C(F)(F)F.O=C(OCOc1ccc2c(c1)[C@@]13CCCC[C@@H]1[C@H](C2)NCC3)OC1CCC1. The molecule has 4 aliphatic rings. The van der Waals surface area contributed by atoms with Crippen LogP contribution in [-0.2, 0) is 26.1 Å². The van der Waals surface area contributed by atoms with Crippen molar-refractivity contribution in [2.45, 2.75) is 81.5 Å². The van der Waals surface area contributed by atoms with Crippen molar-refractivity contribution < 1.29 is 42.1 Å². The zero-order valence-corrected chi connectivity index (χ0v) is 18.9. The number of hydrogen-bond acceptors (Lipinski definition) is 6. The molecule has 3 atom stereocenters. The summed E-state index contributed by atoms with van der Waals surface area (Å²) in [6, 6.07) is 7.07. The molecule has 5 rings (SSSR count). The molecule has 0 radical (unpaired) electrons. The van der Waals surface area contributed by atoms with Gasteiger partial charge in [0.05, 0.1) is 0 Å². The van der Waals surface area contributed by atoms with Gasteiger partial charge in [-0.2, -0.15) is 13.2 Å². The highest BCUT2D eigenvalue weighted by molar-refractivity contribution is 5.73. The number of rotatable bonds is 4. The molecule has 2 saturated carbocycles. The second-order valence-corrected chi connectivity index (χ2v) is 9.47. The van der Waals surface area contributed by atoms with Crippen LogP contribution in [0.4, 0.5) is 18.0 Å². The first-order chi connectivity index (χ1) is 16.2. The van der Waals surface area contributed by atoms with Crippen LogP contribution in [0, 0.1) is 5.92 Å². The largest absolute Gasteiger partial charge is 0.511 e. The van der Waals surface area contributed by atoms with Gasteiger partial charge in [-0.05, 0) is 80.7 Å². The van der Waals surface area contributed by atoms with Crippen molar-refractivity contribution in [1.29, 1.82) is 0 Å². The van der Waals surface area contributed by atoms with E-state index in [1.165, 1.54) is 43.2 Å². The van der Waals surface area contributed by atoms with Gasteiger partial charge in [-0.3, -0.25) is 0 Å². The Bertz CT molecular complexity index is 899. The van der Waals surface area contributed by atoms with E-state index in [1.54, 1.807) is 0 Å². The number of nitrogens with one attached hydrogen (secondary N) is 1. The van der Waals surface area contributed by atoms with E-state index >= 15 is 0 Å². The fraction of sp³-hybridized carbons (Fsp3) is 0.667. The third-order valence-corrected chi connectivity index (χ3v) is 7.58. The minimum Gasteiger partial charge on any atom is -0.475 e. The van der Waals surface area contributed by atoms with E-state index < -0.39 is 18.3 Å². The van der Waals surface area contributed by atoms with Gasteiger partial charge in [0.2, 0.25) is 6.79 Å². The minimum atomic E-state index is -5.08. The number of alkyl halides is 3. The number of fused-ring (bicyclic) bond motifs is 1. The standard InChI is InChI=1S/C22H29NO4.C2HF3O2/c24-21(27-16-4-3-5-16)26-14-25-17-8-7-15-12-20-18-6-1-2-9-22(18,10-11-23-20)19(15)13-17;3-2(4,5)1(6)7/h7-8,13,16,18,20,23H,1-6,9-12,14H2;(H,6,7)/t18-,20+,22-;/m1./s1. The first-order valence-electron chi connectivity index (χ1n) is 11.8. The lowest BCUT2D eigenvalue weighted by atomic mass is 9.53. The van der Waals surface area contributed by atoms with Gasteiger partial charge in [0.1, 0.15) is 11.9 Å². The number of carbonyl (C=O) groups is 2. The third-order valence-electron chi connectivity index (χ3n) is 7.58. The van der Waals surface area contributed by atoms with Crippen LogP contribution < -0.4 is 10.1 Å². The predicted molar refractivity (Wildman–Crippen MR) is 115 cm³/mol.